The maximum absolute atomic E-state index is 13.5. The minimum Gasteiger partial charge on any atom is -0.369 e. The molecule has 2 heterocycles. The van der Waals surface area contributed by atoms with Crippen molar-refractivity contribution in [3.05, 3.63) is 63.5 Å². The highest BCUT2D eigenvalue weighted by Crippen LogP contribution is 3.02. The number of halogens is 7. The first-order chi connectivity index (χ1) is 18.1. The van der Waals surface area contributed by atoms with E-state index in [0.717, 1.165) is 23.1 Å². The Morgan fingerprint density at radius 2 is 1.85 bits per heavy atom. The topological polar surface area (TPSA) is 95.6 Å². The van der Waals surface area contributed by atoms with Crippen LogP contribution >= 0.6 is 33.4 Å². The summed E-state index contributed by atoms with van der Waals surface area (Å²) in [5.74, 6) is 0.0874. The Kier molecular flexibility index (Phi) is 6.14. The van der Waals surface area contributed by atoms with E-state index in [2.05, 4.69) is 20.7 Å². The van der Waals surface area contributed by atoms with Gasteiger partial charge in [0.25, 0.3) is 0 Å². The van der Waals surface area contributed by atoms with Crippen LogP contribution in [-0.2, 0) is 16.8 Å². The molecular formula is C24H21Cl2F5N6OS. The molecule has 0 spiro atoms. The van der Waals surface area contributed by atoms with Crippen molar-refractivity contribution in [2.45, 2.75) is 42.5 Å². The molecule has 2 N–H and O–H groups in total. The molecule has 1 amide bonds. The highest BCUT2D eigenvalue weighted by molar-refractivity contribution is 8.45. The highest BCUT2D eigenvalue weighted by atomic mass is 35.5. The summed E-state index contributed by atoms with van der Waals surface area (Å²) in [6.07, 6.45) is 5.85. The molecule has 0 atom stereocenters. The molecular weight excluding hydrogens is 586 g/mol. The zero-order valence-electron chi connectivity index (χ0n) is 20.0. The Hall–Kier alpha value is -3.08. The van der Waals surface area contributed by atoms with Gasteiger partial charge in [-0.15, -0.1) is 0 Å². The molecule has 208 valence electrons. The molecule has 0 saturated heterocycles. The molecule has 15 heteroatoms. The highest BCUT2D eigenvalue weighted by Gasteiger charge is 2.65. The van der Waals surface area contributed by atoms with Gasteiger partial charge < -0.3 is 10.6 Å². The molecule has 2 saturated carbocycles. The van der Waals surface area contributed by atoms with Crippen LogP contribution in [0.3, 0.4) is 0 Å². The van der Waals surface area contributed by atoms with Gasteiger partial charge >= 0.3 is 10.2 Å². The van der Waals surface area contributed by atoms with Crippen molar-refractivity contribution in [2.75, 3.05) is 11.9 Å². The summed E-state index contributed by atoms with van der Waals surface area (Å²) in [6.45, 7) is 0.610. The second-order valence-electron chi connectivity index (χ2n) is 9.75. The van der Waals surface area contributed by atoms with E-state index in [0.29, 0.717) is 25.3 Å². The molecule has 39 heavy (non-hydrogen) atoms. The van der Waals surface area contributed by atoms with Gasteiger partial charge in [-0.1, -0.05) is 48.7 Å². The number of nitriles is 1. The normalized spacial score (nSPS) is 18.0. The number of aromatic nitrogens is 3. The Bertz CT molecular complexity index is 1490. The quantitative estimate of drug-likeness (QED) is 0.250. The minimum absolute atomic E-state index is 0.0931. The first-order valence-corrected chi connectivity index (χ1v) is 14.5. The second-order valence-corrected chi connectivity index (χ2v) is 13.0. The van der Waals surface area contributed by atoms with Crippen LogP contribution in [0.2, 0.25) is 10.0 Å². The van der Waals surface area contributed by atoms with Crippen molar-refractivity contribution in [3.63, 3.8) is 0 Å². The van der Waals surface area contributed by atoms with Gasteiger partial charge in [-0.25, -0.2) is 4.68 Å². The van der Waals surface area contributed by atoms with E-state index in [4.69, 9.17) is 23.2 Å². The van der Waals surface area contributed by atoms with Crippen LogP contribution in [0.25, 0.3) is 5.69 Å². The first-order valence-electron chi connectivity index (χ1n) is 11.8. The van der Waals surface area contributed by atoms with Crippen molar-refractivity contribution < 1.29 is 24.2 Å². The van der Waals surface area contributed by atoms with Gasteiger partial charge in [0.2, 0.25) is 5.91 Å². The molecule has 1 aromatic carbocycles. The third kappa shape index (κ3) is 5.50. The van der Waals surface area contributed by atoms with Gasteiger partial charge in [-0.2, -0.15) is 10.4 Å². The molecule has 0 unspecified atom stereocenters. The minimum atomic E-state index is -10.1. The molecule has 2 aliphatic rings. The van der Waals surface area contributed by atoms with Gasteiger partial charge in [0.05, 0.1) is 15.5 Å². The van der Waals surface area contributed by atoms with Crippen LogP contribution in [0.15, 0.2) is 41.6 Å². The molecule has 0 radical (unpaired) electrons. The summed E-state index contributed by atoms with van der Waals surface area (Å²) in [7, 11) is -10.1. The maximum Gasteiger partial charge on any atom is 0.310 e. The summed E-state index contributed by atoms with van der Waals surface area (Å²) in [4.78, 5) is 15.2. The number of benzene rings is 1. The van der Waals surface area contributed by atoms with E-state index in [1.165, 1.54) is 0 Å². The lowest BCUT2D eigenvalue weighted by Crippen LogP contribution is -2.35. The number of hydrogen-bond donors (Lipinski definition) is 2. The number of nitrogens with zero attached hydrogens (tertiary/aromatic N) is 4. The number of anilines is 1. The molecule has 5 rings (SSSR count). The van der Waals surface area contributed by atoms with Gasteiger partial charge in [-0.05, 0) is 55.4 Å². The average Bonchev–Trinajstić information content (AvgIpc) is 3.78. The van der Waals surface area contributed by atoms with Crippen molar-refractivity contribution in [2.24, 2.45) is 5.92 Å². The van der Waals surface area contributed by atoms with Crippen LogP contribution in [0, 0.1) is 17.2 Å². The molecule has 7 nitrogen and oxygen atoms in total. The standard InChI is InChI=1S/C24H21Cl2F5N6OS/c25-17-8-16(39(27,28,29,30)31)9-18(26)21(17)37-22(34-12-14-3-4-14)20(19(10-32)36-37)24(5-6-24)23(38)35-13-15-2-1-7-33-11-15/h1-2,7-9,11,14,34H,3-6,12-13H2,(H,35,38). The van der Waals surface area contributed by atoms with E-state index < -0.39 is 30.6 Å². The van der Waals surface area contributed by atoms with E-state index in [1.807, 2.05) is 6.07 Å². The van der Waals surface area contributed by atoms with E-state index in [-0.39, 0.29) is 47.3 Å². The SMILES string of the molecule is N#Cc1nn(-c2c(Cl)cc(S(F)(F)(F)(F)F)cc2Cl)c(NCC2CC2)c1C1(C(=O)NCc2cccnc2)CC1. The first kappa shape index (κ1) is 27.5. The molecule has 0 bridgehead atoms. The zero-order valence-corrected chi connectivity index (χ0v) is 22.4. The second kappa shape index (κ2) is 8.71. The lowest BCUT2D eigenvalue weighted by Gasteiger charge is -2.40. The van der Waals surface area contributed by atoms with E-state index in [1.54, 1.807) is 24.5 Å². The van der Waals surface area contributed by atoms with Crippen molar-refractivity contribution >= 4 is 45.2 Å². The van der Waals surface area contributed by atoms with Gasteiger partial charge in [-0.3, -0.25) is 9.78 Å². The fourth-order valence-corrected chi connectivity index (χ4v) is 5.83. The van der Waals surface area contributed by atoms with E-state index >= 15 is 0 Å². The number of rotatable bonds is 9. The molecule has 2 aliphatic carbocycles. The predicted molar refractivity (Wildman–Crippen MR) is 138 cm³/mol. The number of pyridine rings is 1. The Morgan fingerprint density at radius 3 is 2.36 bits per heavy atom. The zero-order chi connectivity index (χ0) is 28.3. The van der Waals surface area contributed by atoms with Crippen LogP contribution in [0.4, 0.5) is 25.2 Å². The summed E-state index contributed by atoms with van der Waals surface area (Å²) in [5.41, 5.74) is -0.617. The molecule has 0 aliphatic heterocycles. The number of hydrogen-bond acceptors (Lipinski definition) is 5. The lowest BCUT2D eigenvalue weighted by molar-refractivity contribution is -0.123. The van der Waals surface area contributed by atoms with Gasteiger partial charge in [0.1, 0.15) is 22.5 Å². The average molecular weight is 607 g/mol. The van der Waals surface area contributed by atoms with Crippen LogP contribution < -0.4 is 10.6 Å². The fraction of sp³-hybridized carbons (Fsp3) is 0.333. The monoisotopic (exact) mass is 606 g/mol. The third-order valence-corrected chi connectivity index (χ3v) is 8.44. The van der Waals surface area contributed by atoms with Crippen LogP contribution in [0.5, 0.6) is 0 Å². The summed E-state index contributed by atoms with van der Waals surface area (Å²) >= 11 is 12.2. The van der Waals surface area contributed by atoms with Crippen LogP contribution in [-0.4, -0.2) is 27.2 Å². The predicted octanol–water partition coefficient (Wildman–Crippen LogP) is 7.27. The summed E-state index contributed by atoms with van der Waals surface area (Å²) in [5, 5.41) is 18.7. The largest absolute Gasteiger partial charge is 0.369 e. The smallest absolute Gasteiger partial charge is 0.310 e. The summed E-state index contributed by atoms with van der Waals surface area (Å²) < 4.78 is 68.4. The molecule has 2 aromatic heterocycles. The van der Waals surface area contributed by atoms with Crippen molar-refractivity contribution in [1.82, 2.24) is 20.1 Å². The lowest BCUT2D eigenvalue weighted by atomic mass is 9.94. The number of nitrogens with one attached hydrogen (secondary N) is 2. The number of carbonyl (C=O) groups excluding carboxylic acids is 1. The summed E-state index contributed by atoms with van der Waals surface area (Å²) in [6, 6.07) is 5.64. The molecule has 3 aromatic rings. The number of amides is 1. The van der Waals surface area contributed by atoms with Crippen LogP contribution in [0.1, 0.15) is 42.5 Å². The maximum atomic E-state index is 13.5. The number of carbonyl (C=O) groups is 1. The van der Waals surface area contributed by atoms with Crippen molar-refractivity contribution in [1.29, 1.82) is 5.26 Å². The van der Waals surface area contributed by atoms with Gasteiger partial charge in [0, 0.05) is 31.0 Å². The van der Waals surface area contributed by atoms with Crippen molar-refractivity contribution in [3.8, 4) is 11.8 Å². The third-order valence-electron chi connectivity index (χ3n) is 6.73. The fourth-order valence-electron chi connectivity index (χ4n) is 4.37. The Labute approximate surface area is 230 Å². The van der Waals surface area contributed by atoms with E-state index in [9.17, 15) is 29.5 Å². The Morgan fingerprint density at radius 1 is 1.18 bits per heavy atom. The Balaban J connectivity index is 1.60. The molecule has 2 fully saturated rings. The van der Waals surface area contributed by atoms with Gasteiger partial charge in [0.15, 0.2) is 5.69 Å².